The Morgan fingerprint density at radius 2 is 1.64 bits per heavy atom. The highest BCUT2D eigenvalue weighted by Gasteiger charge is 2.22. The van der Waals surface area contributed by atoms with Gasteiger partial charge in [-0.25, -0.2) is 0 Å². The number of carbonyl (C=O) groups is 1. The van der Waals surface area contributed by atoms with Gasteiger partial charge in [-0.15, -0.1) is 0 Å². The molecule has 1 aliphatic rings. The smallest absolute Gasteiger partial charge is 0.190 e. The summed E-state index contributed by atoms with van der Waals surface area (Å²) in [5.74, 6) is 0.0326. The molecule has 0 amide bonds. The second-order valence-corrected chi connectivity index (χ2v) is 5.47. The van der Waals surface area contributed by atoms with E-state index in [9.17, 15) is 4.79 Å². The van der Waals surface area contributed by atoms with Crippen LogP contribution < -0.4 is 0 Å². The van der Waals surface area contributed by atoms with E-state index in [1.54, 1.807) is 0 Å². The number of Topliss-reactive ketones (excluding diaryl/α,β-unsaturated/α-hetero) is 1. The zero-order valence-corrected chi connectivity index (χ0v) is 12.3. The van der Waals surface area contributed by atoms with E-state index in [1.165, 1.54) is 0 Å². The third-order valence-electron chi connectivity index (χ3n) is 4.03. The van der Waals surface area contributed by atoms with Gasteiger partial charge < -0.3 is 10.2 Å². The molecule has 2 aromatic rings. The summed E-state index contributed by atoms with van der Waals surface area (Å²) in [7, 11) is 0. The van der Waals surface area contributed by atoms with Crippen LogP contribution in [0.1, 0.15) is 15.9 Å². The molecule has 0 unspecified atom stereocenters. The molecule has 0 saturated carbocycles. The van der Waals surface area contributed by atoms with Crippen LogP contribution in [-0.4, -0.2) is 53.7 Å². The van der Waals surface area contributed by atoms with Gasteiger partial charge in [-0.3, -0.25) is 9.69 Å². The molecule has 0 fully saturated rings. The molecule has 0 radical (unpaired) electrons. The first-order valence-electron chi connectivity index (χ1n) is 7.45. The lowest BCUT2D eigenvalue weighted by Gasteiger charge is -2.24. The lowest BCUT2D eigenvalue weighted by molar-refractivity contribution is 0.101. The van der Waals surface area contributed by atoms with E-state index in [2.05, 4.69) is 0 Å². The van der Waals surface area contributed by atoms with Gasteiger partial charge in [0.15, 0.2) is 5.78 Å². The van der Waals surface area contributed by atoms with Crippen LogP contribution in [0.2, 0.25) is 0 Å². The lowest BCUT2D eigenvalue weighted by Crippen LogP contribution is -2.33. The Hall–Kier alpha value is -2.01. The number of aliphatic hydroxyl groups excluding tert-OH is 2. The number of hydrogen-bond donors (Lipinski definition) is 2. The number of nitrogens with zero attached hydrogens (tertiary/aromatic N) is 1. The summed E-state index contributed by atoms with van der Waals surface area (Å²) in [6.45, 7) is 1.33. The van der Waals surface area contributed by atoms with Gasteiger partial charge in [0.1, 0.15) is 0 Å². The molecule has 4 nitrogen and oxygen atoms in total. The Bertz CT molecular complexity index is 725. The Morgan fingerprint density at radius 1 is 0.955 bits per heavy atom. The topological polar surface area (TPSA) is 60.8 Å². The first kappa shape index (κ1) is 14.9. The van der Waals surface area contributed by atoms with Gasteiger partial charge in [-0.1, -0.05) is 36.4 Å². The van der Waals surface area contributed by atoms with Crippen molar-refractivity contribution in [3.05, 3.63) is 53.1 Å². The van der Waals surface area contributed by atoms with Crippen molar-refractivity contribution in [2.45, 2.75) is 0 Å². The van der Waals surface area contributed by atoms with E-state index in [4.69, 9.17) is 10.2 Å². The second-order valence-electron chi connectivity index (χ2n) is 5.47. The van der Waals surface area contributed by atoms with E-state index in [-0.39, 0.29) is 19.0 Å². The Balaban J connectivity index is 1.99. The molecule has 0 bridgehead atoms. The fourth-order valence-electron chi connectivity index (χ4n) is 3.02. The Kier molecular flexibility index (Phi) is 4.34. The van der Waals surface area contributed by atoms with Gasteiger partial charge in [0.25, 0.3) is 0 Å². The number of ketones is 1. The Morgan fingerprint density at radius 3 is 2.32 bits per heavy atom. The summed E-state index contributed by atoms with van der Waals surface area (Å²) in [5, 5.41) is 20.3. The van der Waals surface area contributed by atoms with Crippen LogP contribution in [0.3, 0.4) is 0 Å². The minimum Gasteiger partial charge on any atom is -0.395 e. The first-order valence-corrected chi connectivity index (χ1v) is 7.45. The van der Waals surface area contributed by atoms with E-state index < -0.39 is 0 Å². The van der Waals surface area contributed by atoms with Crippen molar-refractivity contribution in [3.8, 4) is 0 Å². The fourth-order valence-corrected chi connectivity index (χ4v) is 3.02. The molecule has 0 aliphatic heterocycles. The van der Waals surface area contributed by atoms with Crippen molar-refractivity contribution in [1.82, 2.24) is 4.90 Å². The summed E-state index contributed by atoms with van der Waals surface area (Å²) < 4.78 is 0. The molecule has 114 valence electrons. The third kappa shape index (κ3) is 2.68. The molecule has 0 aromatic heterocycles. The third-order valence-corrected chi connectivity index (χ3v) is 4.03. The van der Waals surface area contributed by atoms with Crippen molar-refractivity contribution in [1.29, 1.82) is 0 Å². The van der Waals surface area contributed by atoms with Gasteiger partial charge in [-0.2, -0.15) is 0 Å². The molecule has 2 N–H and O–H groups in total. The highest BCUT2D eigenvalue weighted by Crippen LogP contribution is 2.31. The maximum absolute atomic E-state index is 12.7. The van der Waals surface area contributed by atoms with Gasteiger partial charge in [0.05, 0.1) is 13.2 Å². The molecule has 0 spiro atoms. The quantitative estimate of drug-likeness (QED) is 0.852. The zero-order chi connectivity index (χ0) is 15.5. The van der Waals surface area contributed by atoms with Crippen LogP contribution in [0.5, 0.6) is 0 Å². The Labute approximate surface area is 129 Å². The van der Waals surface area contributed by atoms with E-state index in [0.29, 0.717) is 25.2 Å². The minimum absolute atomic E-state index is 0.00758. The lowest BCUT2D eigenvalue weighted by atomic mass is 9.88. The summed E-state index contributed by atoms with van der Waals surface area (Å²) in [6, 6.07) is 11.8. The molecule has 0 heterocycles. The molecule has 3 rings (SSSR count). The van der Waals surface area contributed by atoms with Gasteiger partial charge in [0.2, 0.25) is 0 Å². The fraction of sp³-hybridized carbons (Fsp3) is 0.278. The molecule has 4 heteroatoms. The van der Waals surface area contributed by atoms with Crippen molar-refractivity contribution < 1.29 is 15.0 Å². The number of aliphatic hydroxyl groups is 2. The average molecular weight is 297 g/mol. The second kappa shape index (κ2) is 6.40. The standard InChI is InChI=1S/C18H19NO3/c20-9-7-19(8-10-21)12-15-11-14-5-1-3-13-4-2-6-16(17(13)14)18(15)22/h1-6,11,20-21H,7-10,12H2. The van der Waals surface area contributed by atoms with Crippen molar-refractivity contribution in [2.75, 3.05) is 32.8 Å². The number of carbonyl (C=O) groups excluding carboxylic acids is 1. The SMILES string of the molecule is O=C1C(CN(CCO)CCO)=Cc2cccc3cccc1c23. The molecule has 22 heavy (non-hydrogen) atoms. The number of benzene rings is 2. The highest BCUT2D eigenvalue weighted by molar-refractivity contribution is 6.22. The van der Waals surface area contributed by atoms with Gasteiger partial charge in [0, 0.05) is 36.2 Å². The van der Waals surface area contributed by atoms with Crippen LogP contribution in [0.4, 0.5) is 0 Å². The van der Waals surface area contributed by atoms with Crippen LogP contribution in [0.15, 0.2) is 42.0 Å². The average Bonchev–Trinajstić information content (AvgIpc) is 2.53. The van der Waals surface area contributed by atoms with Crippen LogP contribution in [0, 0.1) is 0 Å². The normalized spacial score (nSPS) is 13.8. The van der Waals surface area contributed by atoms with Crippen molar-refractivity contribution in [2.24, 2.45) is 0 Å². The molecule has 0 saturated heterocycles. The summed E-state index contributed by atoms with van der Waals surface area (Å²) >= 11 is 0. The minimum atomic E-state index is 0.00758. The maximum atomic E-state index is 12.7. The maximum Gasteiger partial charge on any atom is 0.190 e. The molecular formula is C18H19NO3. The summed E-state index contributed by atoms with van der Waals surface area (Å²) in [6.07, 6.45) is 1.93. The number of hydrogen-bond acceptors (Lipinski definition) is 4. The molecule has 2 aromatic carbocycles. The highest BCUT2D eigenvalue weighted by atomic mass is 16.3. The summed E-state index contributed by atoms with van der Waals surface area (Å²) in [5.41, 5.74) is 2.49. The zero-order valence-electron chi connectivity index (χ0n) is 12.3. The molecular weight excluding hydrogens is 278 g/mol. The predicted octanol–water partition coefficient (Wildman–Crippen LogP) is 1.71. The van der Waals surface area contributed by atoms with Crippen LogP contribution >= 0.6 is 0 Å². The largest absolute Gasteiger partial charge is 0.395 e. The molecule has 1 aliphatic carbocycles. The van der Waals surface area contributed by atoms with E-state index in [0.717, 1.165) is 21.9 Å². The van der Waals surface area contributed by atoms with E-state index >= 15 is 0 Å². The monoisotopic (exact) mass is 297 g/mol. The van der Waals surface area contributed by atoms with Crippen LogP contribution in [0.25, 0.3) is 16.8 Å². The van der Waals surface area contributed by atoms with Gasteiger partial charge in [-0.05, 0) is 17.0 Å². The molecule has 0 atom stereocenters. The summed E-state index contributed by atoms with van der Waals surface area (Å²) in [4.78, 5) is 14.6. The van der Waals surface area contributed by atoms with Crippen LogP contribution in [-0.2, 0) is 0 Å². The van der Waals surface area contributed by atoms with Gasteiger partial charge >= 0.3 is 0 Å². The number of rotatable bonds is 6. The van der Waals surface area contributed by atoms with Crippen molar-refractivity contribution in [3.63, 3.8) is 0 Å². The predicted molar refractivity (Wildman–Crippen MR) is 86.9 cm³/mol. The van der Waals surface area contributed by atoms with Crippen molar-refractivity contribution >= 4 is 22.6 Å². The first-order chi connectivity index (χ1) is 10.7. The van der Waals surface area contributed by atoms with E-state index in [1.807, 2.05) is 47.4 Å².